The van der Waals surface area contributed by atoms with Gasteiger partial charge in [-0.2, -0.15) is 0 Å². The Kier molecular flexibility index (Phi) is 9.11. The molecule has 0 saturated carbocycles. The quantitative estimate of drug-likeness (QED) is 0.444. The summed E-state index contributed by atoms with van der Waals surface area (Å²) in [5.41, 5.74) is 3.71. The summed E-state index contributed by atoms with van der Waals surface area (Å²) in [5.74, 6) is 1.08. The highest BCUT2D eigenvalue weighted by Gasteiger charge is 2.19. The van der Waals surface area contributed by atoms with Crippen molar-refractivity contribution in [3.63, 3.8) is 0 Å². The van der Waals surface area contributed by atoms with Gasteiger partial charge in [0, 0.05) is 52.2 Å². The SMILES string of the molecule is CN=C(NCCC(C)N(C)Cc1ccccc1)NCc1ccc(CN2CCCC2=O)cc1. The second-order valence-electron chi connectivity index (χ2n) is 8.63. The summed E-state index contributed by atoms with van der Waals surface area (Å²) in [6.07, 6.45) is 2.71. The summed E-state index contributed by atoms with van der Waals surface area (Å²) in [6, 6.07) is 19.5. The van der Waals surface area contributed by atoms with Gasteiger partial charge >= 0.3 is 0 Å². The van der Waals surface area contributed by atoms with Crippen molar-refractivity contribution in [3.8, 4) is 0 Å². The van der Waals surface area contributed by atoms with Gasteiger partial charge in [-0.05, 0) is 43.5 Å². The largest absolute Gasteiger partial charge is 0.356 e. The predicted octanol–water partition coefficient (Wildman–Crippen LogP) is 3.38. The minimum absolute atomic E-state index is 0.270. The smallest absolute Gasteiger partial charge is 0.222 e. The second kappa shape index (κ2) is 12.2. The van der Waals surface area contributed by atoms with E-state index in [1.807, 2.05) is 4.90 Å². The van der Waals surface area contributed by atoms with Gasteiger partial charge in [-0.25, -0.2) is 0 Å². The molecule has 0 bridgehead atoms. The van der Waals surface area contributed by atoms with Crippen molar-refractivity contribution in [1.82, 2.24) is 20.4 Å². The van der Waals surface area contributed by atoms with Gasteiger partial charge in [-0.3, -0.25) is 14.7 Å². The van der Waals surface area contributed by atoms with Gasteiger partial charge in [0.25, 0.3) is 0 Å². The van der Waals surface area contributed by atoms with Crippen LogP contribution in [-0.4, -0.2) is 54.9 Å². The lowest BCUT2D eigenvalue weighted by Crippen LogP contribution is -2.39. The van der Waals surface area contributed by atoms with Crippen LogP contribution < -0.4 is 10.6 Å². The molecule has 1 unspecified atom stereocenters. The Morgan fingerprint density at radius 1 is 1.06 bits per heavy atom. The maximum absolute atomic E-state index is 11.8. The average Bonchev–Trinajstić information content (AvgIpc) is 3.21. The molecular weight excluding hydrogens is 398 g/mol. The fraction of sp³-hybridized carbons (Fsp3) is 0.462. The standard InChI is InChI=1S/C26H37N5O/c1-21(30(3)19-23-8-5-4-6-9-23)15-16-28-26(27-2)29-18-22-11-13-24(14-12-22)20-31-17-7-10-25(31)32/h4-6,8-9,11-14,21H,7,10,15-20H2,1-3H3,(H2,27,28,29). The van der Waals surface area contributed by atoms with Crippen LogP contribution in [0.2, 0.25) is 0 Å². The Morgan fingerprint density at radius 3 is 2.44 bits per heavy atom. The highest BCUT2D eigenvalue weighted by Crippen LogP contribution is 2.15. The van der Waals surface area contributed by atoms with Gasteiger partial charge in [0.1, 0.15) is 0 Å². The molecule has 1 aliphatic heterocycles. The molecule has 0 aromatic heterocycles. The first kappa shape index (κ1) is 23.8. The van der Waals surface area contributed by atoms with Crippen molar-refractivity contribution in [1.29, 1.82) is 0 Å². The number of hydrogen-bond acceptors (Lipinski definition) is 3. The molecule has 32 heavy (non-hydrogen) atoms. The molecule has 172 valence electrons. The maximum atomic E-state index is 11.8. The van der Waals surface area contributed by atoms with Crippen molar-refractivity contribution >= 4 is 11.9 Å². The van der Waals surface area contributed by atoms with E-state index in [4.69, 9.17) is 0 Å². The fourth-order valence-corrected chi connectivity index (χ4v) is 3.91. The third-order valence-corrected chi connectivity index (χ3v) is 6.13. The lowest BCUT2D eigenvalue weighted by atomic mass is 10.1. The molecule has 6 nitrogen and oxygen atoms in total. The molecule has 1 aliphatic rings. The first-order chi connectivity index (χ1) is 15.5. The second-order valence-corrected chi connectivity index (χ2v) is 8.63. The van der Waals surface area contributed by atoms with Crippen LogP contribution in [0.25, 0.3) is 0 Å². The van der Waals surface area contributed by atoms with Crippen LogP contribution in [0.5, 0.6) is 0 Å². The Labute approximate surface area is 192 Å². The number of nitrogens with one attached hydrogen (secondary N) is 2. The van der Waals surface area contributed by atoms with Gasteiger partial charge in [0.2, 0.25) is 5.91 Å². The number of rotatable bonds is 10. The van der Waals surface area contributed by atoms with Gasteiger partial charge in [0.05, 0.1) is 0 Å². The molecule has 1 saturated heterocycles. The molecule has 1 atom stereocenters. The normalized spacial score (nSPS) is 15.3. The third-order valence-electron chi connectivity index (χ3n) is 6.13. The van der Waals surface area contributed by atoms with Crippen molar-refractivity contribution in [2.75, 3.05) is 27.2 Å². The van der Waals surface area contributed by atoms with E-state index >= 15 is 0 Å². The van der Waals surface area contributed by atoms with E-state index < -0.39 is 0 Å². The Balaban J connectivity index is 1.36. The maximum Gasteiger partial charge on any atom is 0.222 e. The summed E-state index contributed by atoms with van der Waals surface area (Å²) >= 11 is 0. The van der Waals surface area contributed by atoms with Crippen molar-refractivity contribution < 1.29 is 4.79 Å². The van der Waals surface area contributed by atoms with E-state index in [1.165, 1.54) is 16.7 Å². The Morgan fingerprint density at radius 2 is 1.78 bits per heavy atom. The zero-order chi connectivity index (χ0) is 22.8. The molecule has 0 aliphatic carbocycles. The van der Waals surface area contributed by atoms with Crippen LogP contribution in [0.1, 0.15) is 42.9 Å². The summed E-state index contributed by atoms with van der Waals surface area (Å²) in [7, 11) is 3.98. The highest BCUT2D eigenvalue weighted by atomic mass is 16.2. The zero-order valence-corrected chi connectivity index (χ0v) is 19.7. The first-order valence-corrected chi connectivity index (χ1v) is 11.6. The molecule has 0 spiro atoms. The molecule has 1 heterocycles. The molecule has 3 rings (SSSR count). The van der Waals surface area contributed by atoms with Crippen LogP contribution in [0.3, 0.4) is 0 Å². The minimum atomic E-state index is 0.270. The topological polar surface area (TPSA) is 60.0 Å². The van der Waals surface area contributed by atoms with E-state index in [-0.39, 0.29) is 5.91 Å². The Hall–Kier alpha value is -2.86. The van der Waals surface area contributed by atoms with E-state index in [2.05, 4.69) is 89.1 Å². The number of hydrogen-bond donors (Lipinski definition) is 2. The molecule has 2 aromatic carbocycles. The number of nitrogens with zero attached hydrogens (tertiary/aromatic N) is 3. The zero-order valence-electron chi connectivity index (χ0n) is 19.7. The van der Waals surface area contributed by atoms with Gasteiger partial charge < -0.3 is 15.5 Å². The summed E-state index contributed by atoms with van der Waals surface area (Å²) in [6.45, 7) is 6.39. The first-order valence-electron chi connectivity index (χ1n) is 11.6. The van der Waals surface area contributed by atoms with Crippen molar-refractivity contribution in [3.05, 3.63) is 71.3 Å². The highest BCUT2D eigenvalue weighted by molar-refractivity contribution is 5.79. The van der Waals surface area contributed by atoms with Crippen molar-refractivity contribution in [2.24, 2.45) is 4.99 Å². The lowest BCUT2D eigenvalue weighted by Gasteiger charge is -2.25. The summed E-state index contributed by atoms with van der Waals surface area (Å²) in [4.78, 5) is 20.5. The van der Waals surface area contributed by atoms with Crippen LogP contribution >= 0.6 is 0 Å². The number of amides is 1. The van der Waals surface area contributed by atoms with Crippen LogP contribution in [0.4, 0.5) is 0 Å². The number of carbonyl (C=O) groups excluding carboxylic acids is 1. The number of carbonyl (C=O) groups is 1. The van der Waals surface area contributed by atoms with E-state index in [9.17, 15) is 4.79 Å². The van der Waals surface area contributed by atoms with Gasteiger partial charge in [-0.1, -0.05) is 54.6 Å². The predicted molar refractivity (Wildman–Crippen MR) is 131 cm³/mol. The van der Waals surface area contributed by atoms with E-state index in [1.54, 1.807) is 7.05 Å². The monoisotopic (exact) mass is 435 g/mol. The number of guanidine groups is 1. The van der Waals surface area contributed by atoms with Crippen molar-refractivity contribution in [2.45, 2.75) is 51.9 Å². The molecule has 2 aromatic rings. The number of likely N-dealkylation sites (tertiary alicyclic amines) is 1. The molecule has 0 radical (unpaired) electrons. The summed E-state index contributed by atoms with van der Waals surface area (Å²) < 4.78 is 0. The lowest BCUT2D eigenvalue weighted by molar-refractivity contribution is -0.128. The van der Waals surface area contributed by atoms with Crippen LogP contribution in [-0.2, 0) is 24.4 Å². The molecule has 2 N–H and O–H groups in total. The molecular formula is C26H37N5O. The minimum Gasteiger partial charge on any atom is -0.356 e. The molecule has 1 amide bonds. The number of benzene rings is 2. The average molecular weight is 436 g/mol. The third kappa shape index (κ3) is 7.38. The molecule has 1 fully saturated rings. The Bertz CT molecular complexity index is 866. The van der Waals surface area contributed by atoms with Gasteiger partial charge in [0.15, 0.2) is 5.96 Å². The number of aliphatic imine (C=N–C) groups is 1. The summed E-state index contributed by atoms with van der Waals surface area (Å²) in [5, 5.41) is 6.81. The van der Waals surface area contributed by atoms with Gasteiger partial charge in [-0.15, -0.1) is 0 Å². The van der Waals surface area contributed by atoms with Crippen LogP contribution in [0, 0.1) is 0 Å². The fourth-order valence-electron chi connectivity index (χ4n) is 3.91. The van der Waals surface area contributed by atoms with Crippen LogP contribution in [0.15, 0.2) is 59.6 Å². The van der Waals surface area contributed by atoms with E-state index in [0.29, 0.717) is 25.6 Å². The van der Waals surface area contributed by atoms with E-state index in [0.717, 1.165) is 38.4 Å². The molecule has 6 heteroatoms.